The van der Waals surface area contributed by atoms with Gasteiger partial charge in [-0.05, 0) is 24.7 Å². The van der Waals surface area contributed by atoms with Crippen LogP contribution in [0.15, 0.2) is 24.3 Å². The second kappa shape index (κ2) is 5.88. The van der Waals surface area contributed by atoms with Crippen molar-refractivity contribution < 1.29 is 17.6 Å². The van der Waals surface area contributed by atoms with Gasteiger partial charge in [-0.25, -0.2) is 9.37 Å². The van der Waals surface area contributed by atoms with Crippen LogP contribution in [0.3, 0.4) is 0 Å². The first kappa shape index (κ1) is 14.9. The van der Waals surface area contributed by atoms with Gasteiger partial charge in [-0.1, -0.05) is 12.1 Å². The largest absolute Gasteiger partial charge is 0.434 e. The molecule has 1 heterocycles. The van der Waals surface area contributed by atoms with Crippen molar-refractivity contribution >= 4 is 11.3 Å². The van der Waals surface area contributed by atoms with E-state index in [4.69, 9.17) is 0 Å². The molecule has 1 aromatic heterocycles. The minimum atomic E-state index is -4.45. The van der Waals surface area contributed by atoms with Crippen LogP contribution >= 0.6 is 11.3 Å². The maximum atomic E-state index is 12.8. The Morgan fingerprint density at radius 3 is 2.40 bits per heavy atom. The summed E-state index contributed by atoms with van der Waals surface area (Å²) in [7, 11) is 1.58. The van der Waals surface area contributed by atoms with Crippen LogP contribution in [0.2, 0.25) is 0 Å². The summed E-state index contributed by atoms with van der Waals surface area (Å²) in [6.45, 7) is 0.121. The minimum Gasteiger partial charge on any atom is -0.315 e. The third-order valence-electron chi connectivity index (χ3n) is 2.62. The van der Waals surface area contributed by atoms with Gasteiger partial charge in [-0.15, -0.1) is 11.3 Å². The zero-order chi connectivity index (χ0) is 14.8. The Morgan fingerprint density at radius 1 is 1.20 bits per heavy atom. The number of benzene rings is 1. The van der Waals surface area contributed by atoms with Crippen LogP contribution in [0.1, 0.15) is 21.1 Å². The molecule has 2 rings (SSSR count). The van der Waals surface area contributed by atoms with E-state index in [2.05, 4.69) is 10.3 Å². The molecule has 7 heteroatoms. The molecular weight excluding hydrogens is 292 g/mol. The molecule has 0 aliphatic heterocycles. The summed E-state index contributed by atoms with van der Waals surface area (Å²) in [6, 6.07) is 5.65. The van der Waals surface area contributed by atoms with E-state index >= 15 is 0 Å². The van der Waals surface area contributed by atoms with Gasteiger partial charge in [0.05, 0.1) is 9.88 Å². The second-order valence-electron chi connectivity index (χ2n) is 4.21. The summed E-state index contributed by atoms with van der Waals surface area (Å²) in [4.78, 5) is 3.84. The van der Waals surface area contributed by atoms with Crippen LogP contribution in [0.5, 0.6) is 0 Å². The molecular formula is C13H12F4N2S. The Labute approximate surface area is 117 Å². The Morgan fingerprint density at radius 2 is 1.85 bits per heavy atom. The van der Waals surface area contributed by atoms with Crippen molar-refractivity contribution in [2.45, 2.75) is 19.1 Å². The SMILES string of the molecule is CNCc1sc(Cc2ccc(F)cc2)nc1C(F)(F)F. The van der Waals surface area contributed by atoms with E-state index in [0.29, 0.717) is 5.01 Å². The first-order valence-corrected chi connectivity index (χ1v) is 6.66. The van der Waals surface area contributed by atoms with Crippen LogP contribution in [0.4, 0.5) is 17.6 Å². The summed E-state index contributed by atoms with van der Waals surface area (Å²) < 4.78 is 51.3. The van der Waals surface area contributed by atoms with Gasteiger partial charge in [0.2, 0.25) is 0 Å². The van der Waals surface area contributed by atoms with Crippen LogP contribution in [0, 0.1) is 5.82 Å². The Kier molecular flexibility index (Phi) is 4.39. The van der Waals surface area contributed by atoms with Gasteiger partial charge in [0.1, 0.15) is 5.82 Å². The molecule has 0 fully saturated rings. The first-order valence-electron chi connectivity index (χ1n) is 5.85. The van der Waals surface area contributed by atoms with Crippen LogP contribution in [-0.4, -0.2) is 12.0 Å². The van der Waals surface area contributed by atoms with Gasteiger partial charge in [0.25, 0.3) is 0 Å². The first-order chi connectivity index (χ1) is 9.40. The number of alkyl halides is 3. The van der Waals surface area contributed by atoms with Gasteiger partial charge in [-0.3, -0.25) is 0 Å². The maximum Gasteiger partial charge on any atom is 0.434 e. The highest BCUT2D eigenvalue weighted by molar-refractivity contribution is 7.11. The molecule has 0 bridgehead atoms. The highest BCUT2D eigenvalue weighted by atomic mass is 32.1. The molecule has 0 spiro atoms. The topological polar surface area (TPSA) is 24.9 Å². The monoisotopic (exact) mass is 304 g/mol. The third-order valence-corrected chi connectivity index (χ3v) is 3.67. The number of halogens is 4. The van der Waals surface area contributed by atoms with Crippen LogP contribution in [-0.2, 0) is 19.1 Å². The molecule has 0 atom stereocenters. The van der Waals surface area contributed by atoms with E-state index in [9.17, 15) is 17.6 Å². The van der Waals surface area contributed by atoms with E-state index in [1.165, 1.54) is 12.1 Å². The molecule has 0 aliphatic carbocycles. The lowest BCUT2D eigenvalue weighted by Crippen LogP contribution is -2.12. The smallest absolute Gasteiger partial charge is 0.315 e. The molecule has 0 amide bonds. The van der Waals surface area contributed by atoms with E-state index in [-0.39, 0.29) is 23.7 Å². The van der Waals surface area contributed by atoms with Crippen molar-refractivity contribution in [2.24, 2.45) is 0 Å². The lowest BCUT2D eigenvalue weighted by Gasteiger charge is -2.04. The van der Waals surface area contributed by atoms with E-state index in [1.807, 2.05) is 0 Å². The Balaban J connectivity index is 2.26. The molecule has 0 saturated carbocycles. The van der Waals surface area contributed by atoms with Gasteiger partial charge < -0.3 is 5.32 Å². The lowest BCUT2D eigenvalue weighted by molar-refractivity contribution is -0.141. The average Bonchev–Trinajstić information content (AvgIpc) is 2.75. The zero-order valence-corrected chi connectivity index (χ0v) is 11.4. The fourth-order valence-corrected chi connectivity index (χ4v) is 2.89. The normalized spacial score (nSPS) is 11.8. The Bertz CT molecular complexity index is 575. The number of nitrogens with one attached hydrogen (secondary N) is 1. The summed E-state index contributed by atoms with van der Waals surface area (Å²) in [6.07, 6.45) is -4.19. The number of hydrogen-bond donors (Lipinski definition) is 1. The van der Waals surface area contributed by atoms with Crippen molar-refractivity contribution in [1.82, 2.24) is 10.3 Å². The van der Waals surface area contributed by atoms with E-state index < -0.39 is 11.9 Å². The van der Waals surface area contributed by atoms with E-state index in [1.54, 1.807) is 19.2 Å². The summed E-state index contributed by atoms with van der Waals surface area (Å²) in [5.41, 5.74) is -0.112. The van der Waals surface area contributed by atoms with Crippen LogP contribution < -0.4 is 5.32 Å². The molecule has 2 nitrogen and oxygen atoms in total. The molecule has 1 N–H and O–H groups in total. The molecule has 1 aromatic carbocycles. The summed E-state index contributed by atoms with van der Waals surface area (Å²) >= 11 is 1.02. The fraction of sp³-hybridized carbons (Fsp3) is 0.308. The summed E-state index contributed by atoms with van der Waals surface area (Å²) in [5, 5.41) is 3.07. The minimum absolute atomic E-state index is 0.121. The predicted molar refractivity (Wildman–Crippen MR) is 69.1 cm³/mol. The maximum absolute atomic E-state index is 12.8. The van der Waals surface area contributed by atoms with Crippen molar-refractivity contribution in [3.05, 3.63) is 51.2 Å². The number of thiazole rings is 1. The third kappa shape index (κ3) is 3.55. The molecule has 0 saturated heterocycles. The average molecular weight is 304 g/mol. The van der Waals surface area contributed by atoms with E-state index in [0.717, 1.165) is 16.9 Å². The second-order valence-corrected chi connectivity index (χ2v) is 5.38. The lowest BCUT2D eigenvalue weighted by atomic mass is 10.1. The molecule has 20 heavy (non-hydrogen) atoms. The van der Waals surface area contributed by atoms with Gasteiger partial charge in [0, 0.05) is 13.0 Å². The van der Waals surface area contributed by atoms with Crippen molar-refractivity contribution in [3.8, 4) is 0 Å². The highest BCUT2D eigenvalue weighted by Crippen LogP contribution is 2.34. The van der Waals surface area contributed by atoms with Gasteiger partial charge in [-0.2, -0.15) is 13.2 Å². The zero-order valence-electron chi connectivity index (χ0n) is 10.6. The van der Waals surface area contributed by atoms with Gasteiger partial charge >= 0.3 is 6.18 Å². The molecule has 0 aliphatic rings. The Hall–Kier alpha value is -1.47. The molecule has 0 radical (unpaired) electrons. The standard InChI is InChI=1S/C13H12F4N2S/c1-18-7-10-12(13(15,16)17)19-11(20-10)6-8-2-4-9(14)5-3-8/h2-5,18H,6-7H2,1H3. The van der Waals surface area contributed by atoms with Crippen molar-refractivity contribution in [3.63, 3.8) is 0 Å². The number of hydrogen-bond acceptors (Lipinski definition) is 3. The number of rotatable bonds is 4. The quantitative estimate of drug-likeness (QED) is 0.873. The summed E-state index contributed by atoms with van der Waals surface area (Å²) in [5.74, 6) is -0.375. The van der Waals surface area contributed by atoms with Crippen molar-refractivity contribution in [2.75, 3.05) is 7.05 Å². The number of aromatic nitrogens is 1. The fourth-order valence-electron chi connectivity index (χ4n) is 1.75. The highest BCUT2D eigenvalue weighted by Gasteiger charge is 2.37. The molecule has 2 aromatic rings. The van der Waals surface area contributed by atoms with Gasteiger partial charge in [0.15, 0.2) is 5.69 Å². The predicted octanol–water partition coefficient (Wildman–Crippen LogP) is 3.61. The molecule has 0 unspecified atom stereocenters. The number of nitrogens with zero attached hydrogens (tertiary/aromatic N) is 1. The molecule has 108 valence electrons. The van der Waals surface area contributed by atoms with Crippen molar-refractivity contribution in [1.29, 1.82) is 0 Å². The van der Waals surface area contributed by atoms with Crippen LogP contribution in [0.25, 0.3) is 0 Å².